The van der Waals surface area contributed by atoms with Gasteiger partial charge in [0.1, 0.15) is 22.8 Å². The van der Waals surface area contributed by atoms with Crippen LogP contribution in [0.1, 0.15) is 23.1 Å². The largest absolute Gasteiger partial charge is 0.674 e. The van der Waals surface area contributed by atoms with Gasteiger partial charge in [-0.1, -0.05) is 23.8 Å². The van der Waals surface area contributed by atoms with Gasteiger partial charge in [-0.3, -0.25) is 19.3 Å². The molecule has 1 saturated carbocycles. The Hall–Kier alpha value is -2.48. The van der Waals surface area contributed by atoms with Crippen molar-refractivity contribution in [2.45, 2.75) is 31.0 Å². The van der Waals surface area contributed by atoms with Gasteiger partial charge in [0.05, 0.1) is 11.6 Å². The fourth-order valence-electron chi connectivity index (χ4n) is 6.17. The minimum Gasteiger partial charge on any atom is -0.674 e. The van der Waals surface area contributed by atoms with E-state index in [1.807, 2.05) is 0 Å². The standard InChI is InChI=1S/C26H26N3O7.2Rh/c1-29(2)19-15-8-13-7-12-6-11-4-3-10(9-27)5-14(11)20(30)16(12)21(31)17(13)23(33)26(15,36)24(34)18(22(19)32)25(28)35;;/h3-6,13,15,19,27,30-31,34,36H,7-9H2,1-2H3,(H2,28,35);;/q-1;;/t13-,15-,19-,26-;;/m0../s1. The molecule has 38 heavy (non-hydrogen) atoms. The number of Topliss-reactive ketones (excluding diaryl/α,β-unsaturated/α-hetero) is 2. The molecule has 0 unspecified atom stereocenters. The molecule has 0 aromatic heterocycles. The number of benzene rings is 2. The van der Waals surface area contributed by atoms with Gasteiger partial charge in [-0.2, -0.15) is 0 Å². The number of hydrogen-bond donors (Lipinski definition) is 5. The van der Waals surface area contributed by atoms with E-state index in [0.29, 0.717) is 21.9 Å². The van der Waals surface area contributed by atoms with Crippen molar-refractivity contribution in [2.75, 3.05) is 14.1 Å². The zero-order valence-corrected chi connectivity index (χ0v) is 23.6. The Morgan fingerprint density at radius 3 is 2.39 bits per heavy atom. The van der Waals surface area contributed by atoms with Crippen molar-refractivity contribution in [2.24, 2.45) is 17.6 Å². The molecule has 7 N–H and O–H groups in total. The predicted octanol–water partition coefficient (Wildman–Crippen LogP) is 1.66. The van der Waals surface area contributed by atoms with Crippen LogP contribution >= 0.6 is 0 Å². The fraction of sp³-hybridized carbons (Fsp3) is 0.346. The maximum Gasteiger partial charge on any atom is 0.255 e. The number of amides is 1. The van der Waals surface area contributed by atoms with Crippen LogP contribution in [0.3, 0.4) is 0 Å². The predicted molar refractivity (Wildman–Crippen MR) is 130 cm³/mol. The Labute approximate surface area is 243 Å². The fourth-order valence-corrected chi connectivity index (χ4v) is 6.17. The topological polar surface area (TPSA) is 185 Å². The van der Waals surface area contributed by atoms with Crippen molar-refractivity contribution in [1.82, 2.24) is 4.90 Å². The molecule has 5 rings (SSSR count). The zero-order chi connectivity index (χ0) is 26.3. The summed E-state index contributed by atoms with van der Waals surface area (Å²) in [6.45, 7) is -0.00587. The van der Waals surface area contributed by atoms with Gasteiger partial charge in [0.15, 0.2) is 11.4 Å². The zero-order valence-electron chi connectivity index (χ0n) is 20.4. The van der Waals surface area contributed by atoms with E-state index in [4.69, 9.17) is 11.5 Å². The second-order valence-corrected chi connectivity index (χ2v) is 9.95. The number of aliphatic hydroxyl groups is 3. The molecule has 12 heteroatoms. The maximum absolute atomic E-state index is 13.8. The van der Waals surface area contributed by atoms with Crippen molar-refractivity contribution in [3.05, 3.63) is 63.6 Å². The number of primary amides is 1. The van der Waals surface area contributed by atoms with Crippen molar-refractivity contribution in [1.29, 1.82) is 0 Å². The molecule has 3 aliphatic carbocycles. The molecule has 0 aliphatic heterocycles. The quantitative estimate of drug-likeness (QED) is 0.237. The average Bonchev–Trinajstić information content (AvgIpc) is 2.80. The third-order valence-electron chi connectivity index (χ3n) is 7.79. The summed E-state index contributed by atoms with van der Waals surface area (Å²) in [4.78, 5) is 40.4. The molecule has 0 spiro atoms. The molecule has 2 aromatic carbocycles. The van der Waals surface area contributed by atoms with Crippen molar-refractivity contribution >= 4 is 34.0 Å². The number of likely N-dealkylation sites (N-methyl/N-ethyl adjacent to an activating group) is 1. The number of ketones is 2. The van der Waals surface area contributed by atoms with E-state index >= 15 is 0 Å². The number of nitrogens with one attached hydrogen (secondary N) is 1. The number of nitrogens with zero attached hydrogens (tertiary/aromatic N) is 1. The second-order valence-electron chi connectivity index (χ2n) is 9.95. The van der Waals surface area contributed by atoms with Gasteiger partial charge >= 0.3 is 0 Å². The van der Waals surface area contributed by atoms with Crippen molar-refractivity contribution in [3.63, 3.8) is 0 Å². The van der Waals surface area contributed by atoms with Crippen LogP contribution in [0.25, 0.3) is 22.3 Å². The number of carbonyl (C=O) groups excluding carboxylic acids is 3. The minimum atomic E-state index is -2.66. The van der Waals surface area contributed by atoms with Crippen LogP contribution in [0.2, 0.25) is 0 Å². The van der Waals surface area contributed by atoms with E-state index < -0.39 is 58.0 Å². The number of phenols is 1. The third-order valence-corrected chi connectivity index (χ3v) is 7.79. The molecule has 2 aromatic rings. The number of aromatic hydroxyl groups is 1. The Morgan fingerprint density at radius 2 is 1.82 bits per heavy atom. The van der Waals surface area contributed by atoms with E-state index in [9.17, 15) is 34.8 Å². The van der Waals surface area contributed by atoms with E-state index in [0.717, 1.165) is 0 Å². The Bertz CT molecular complexity index is 1450. The van der Waals surface area contributed by atoms with E-state index in [1.165, 1.54) is 4.90 Å². The molecular weight excluding hydrogens is 672 g/mol. The smallest absolute Gasteiger partial charge is 0.255 e. The first kappa shape index (κ1) is 30.1. The van der Waals surface area contributed by atoms with Crippen LogP contribution < -0.4 is 5.73 Å². The summed E-state index contributed by atoms with van der Waals surface area (Å²) in [5.74, 6) is -6.71. The minimum absolute atomic E-state index is 0. The molecule has 4 atom stereocenters. The Kier molecular flexibility index (Phi) is 8.11. The normalized spacial score (nSPS) is 26.4. The third kappa shape index (κ3) is 3.97. The molecule has 1 amide bonds. The number of aliphatic hydroxyl groups excluding tert-OH is 2. The summed E-state index contributed by atoms with van der Waals surface area (Å²) in [5.41, 5.74) is 10.5. The van der Waals surface area contributed by atoms with Gasteiger partial charge in [-0.25, -0.2) is 0 Å². The van der Waals surface area contributed by atoms with Gasteiger partial charge in [0, 0.05) is 55.8 Å². The monoisotopic (exact) mass is 698 g/mol. The van der Waals surface area contributed by atoms with Crippen LogP contribution in [0.15, 0.2) is 41.2 Å². The molecule has 10 nitrogen and oxygen atoms in total. The maximum atomic E-state index is 13.8. The molecule has 0 saturated heterocycles. The van der Waals surface area contributed by atoms with Crippen LogP contribution in [-0.2, 0) is 66.3 Å². The van der Waals surface area contributed by atoms with Gasteiger partial charge in [0.25, 0.3) is 5.91 Å². The number of nitrogens with two attached hydrogens (primary N) is 1. The average molecular weight is 698 g/mol. The van der Waals surface area contributed by atoms with Gasteiger partial charge in [0.2, 0.25) is 5.78 Å². The number of fused-ring (bicyclic) bond motifs is 4. The second kappa shape index (κ2) is 10.2. The molecular formula is C26H26N3O7Rh2-. The summed E-state index contributed by atoms with van der Waals surface area (Å²) in [7, 11) is 3.12. The van der Waals surface area contributed by atoms with Crippen molar-refractivity contribution in [3.8, 4) is 5.75 Å². The van der Waals surface area contributed by atoms with Crippen LogP contribution in [0, 0.1) is 11.8 Å². The van der Waals surface area contributed by atoms with Crippen LogP contribution in [0.5, 0.6) is 5.75 Å². The Morgan fingerprint density at radius 1 is 1.16 bits per heavy atom. The number of phenolic OH excluding ortho intramolecular Hbond substituents is 1. The molecule has 1 fully saturated rings. The SMILES string of the molecule is CN(C)[C@@H]1C(=O)C(C(N)=O)=C(O)[C@@]2(O)C(=O)C3=C(O)c4c(cc5ccc(C[NH-])cc5c4O)C[C@H]3C[C@@H]12.[Rh].[Rh]. The van der Waals surface area contributed by atoms with Gasteiger partial charge < -0.3 is 31.9 Å². The summed E-state index contributed by atoms with van der Waals surface area (Å²) < 4.78 is 0. The molecule has 2 radical (unpaired) electrons. The van der Waals surface area contributed by atoms with E-state index in [-0.39, 0.29) is 75.2 Å². The molecule has 206 valence electrons. The van der Waals surface area contributed by atoms with Crippen molar-refractivity contribution < 1.29 is 73.8 Å². The first-order chi connectivity index (χ1) is 16.9. The van der Waals surface area contributed by atoms with Crippen LogP contribution in [-0.4, -0.2) is 68.5 Å². The summed E-state index contributed by atoms with van der Waals surface area (Å²) >= 11 is 0. The first-order valence-corrected chi connectivity index (χ1v) is 11.5. The number of carbonyl (C=O) groups is 3. The van der Waals surface area contributed by atoms with Gasteiger partial charge in [-0.15, -0.1) is 6.54 Å². The van der Waals surface area contributed by atoms with Gasteiger partial charge in [-0.05, 0) is 49.9 Å². The molecule has 3 aliphatic rings. The van der Waals surface area contributed by atoms with E-state index in [2.05, 4.69) is 0 Å². The Balaban J connectivity index is 0.00000200. The summed E-state index contributed by atoms with van der Waals surface area (Å²) in [6, 6.07) is 5.87. The van der Waals surface area contributed by atoms with E-state index in [1.54, 1.807) is 38.4 Å². The van der Waals surface area contributed by atoms with Crippen LogP contribution in [0.4, 0.5) is 0 Å². The number of rotatable bonds is 3. The molecule has 0 heterocycles. The molecule has 0 bridgehead atoms. The summed E-state index contributed by atoms with van der Waals surface area (Å²) in [5, 5.41) is 45.9. The first-order valence-electron chi connectivity index (χ1n) is 11.5. The number of hydrogen-bond acceptors (Lipinski definition) is 8. The summed E-state index contributed by atoms with van der Waals surface area (Å²) in [6.07, 6.45) is 0.278.